The first-order valence-electron chi connectivity index (χ1n) is 6.02. The minimum atomic E-state index is -4.65. The Balaban J connectivity index is 2.32. The number of benzene rings is 1. The molecule has 0 spiro atoms. The lowest BCUT2D eigenvalue weighted by Gasteiger charge is -2.07. The molecule has 2 aromatic rings. The van der Waals surface area contributed by atoms with Gasteiger partial charge in [-0.15, -0.1) is 0 Å². The Kier molecular flexibility index (Phi) is 4.07. The highest BCUT2D eigenvalue weighted by atomic mass is 19.4. The summed E-state index contributed by atoms with van der Waals surface area (Å²) in [6.45, 7) is 0. The minimum absolute atomic E-state index is 0.128. The second-order valence-electron chi connectivity index (χ2n) is 4.31. The van der Waals surface area contributed by atoms with Gasteiger partial charge in [0, 0.05) is 6.20 Å². The summed E-state index contributed by atoms with van der Waals surface area (Å²) in [4.78, 5) is 3.91. The van der Waals surface area contributed by atoms with E-state index < -0.39 is 11.9 Å². The highest BCUT2D eigenvalue weighted by Gasteiger charge is 2.31. The largest absolute Gasteiger partial charge is 0.430 e. The van der Waals surface area contributed by atoms with Crippen molar-refractivity contribution < 1.29 is 13.2 Å². The first-order valence-corrected chi connectivity index (χ1v) is 6.02. The van der Waals surface area contributed by atoms with Crippen molar-refractivity contribution in [3.63, 3.8) is 0 Å². The molecule has 0 radical (unpaired) electrons. The van der Waals surface area contributed by atoms with Crippen molar-refractivity contribution in [2.24, 2.45) is 5.73 Å². The van der Waals surface area contributed by atoms with Gasteiger partial charge in [-0.25, -0.2) is 0 Å². The molecule has 0 saturated carbocycles. The Bertz CT molecular complexity index is 676. The molecule has 0 fully saturated rings. The molecule has 1 aromatic carbocycles. The van der Waals surface area contributed by atoms with Crippen LogP contribution in [0.2, 0.25) is 0 Å². The van der Waals surface area contributed by atoms with Gasteiger partial charge in [-0.05, 0) is 29.3 Å². The van der Waals surface area contributed by atoms with Crippen molar-refractivity contribution in [3.8, 4) is 11.1 Å². The number of aromatic nitrogens is 1. The molecule has 0 aliphatic carbocycles. The number of nitrogens with zero attached hydrogens (tertiary/aromatic N) is 1. The van der Waals surface area contributed by atoms with E-state index >= 15 is 0 Å². The number of nitrogens with one attached hydrogen (secondary N) is 1. The highest BCUT2D eigenvalue weighted by Crippen LogP contribution is 2.22. The molecule has 108 valence electrons. The van der Waals surface area contributed by atoms with E-state index in [1.54, 1.807) is 12.1 Å². The van der Waals surface area contributed by atoms with E-state index in [1.165, 1.54) is 6.20 Å². The monoisotopic (exact) mass is 291 g/mol. The number of rotatable bonds is 3. The zero-order valence-corrected chi connectivity index (χ0v) is 10.9. The van der Waals surface area contributed by atoms with Gasteiger partial charge in [-0.3, -0.25) is 10.4 Å². The Morgan fingerprint density at radius 2 is 1.76 bits per heavy atom. The van der Waals surface area contributed by atoms with Gasteiger partial charge in [-0.2, -0.15) is 13.2 Å². The summed E-state index contributed by atoms with van der Waals surface area (Å²) in [6.07, 6.45) is -2.63. The summed E-state index contributed by atoms with van der Waals surface area (Å²) in [6, 6.07) is 12.6. The molecule has 3 nitrogen and oxygen atoms in total. The fourth-order valence-electron chi connectivity index (χ4n) is 1.70. The molecular weight excluding hydrogens is 279 g/mol. The van der Waals surface area contributed by atoms with E-state index in [9.17, 15) is 13.2 Å². The second-order valence-corrected chi connectivity index (χ2v) is 4.31. The average Bonchev–Trinajstić information content (AvgIpc) is 2.47. The van der Waals surface area contributed by atoms with Crippen LogP contribution in [0.25, 0.3) is 11.1 Å². The van der Waals surface area contributed by atoms with E-state index in [4.69, 9.17) is 11.1 Å². The predicted octanol–water partition coefficient (Wildman–Crippen LogP) is 3.52. The van der Waals surface area contributed by atoms with Crippen molar-refractivity contribution in [1.82, 2.24) is 4.98 Å². The third kappa shape index (κ3) is 3.68. The lowest BCUT2D eigenvalue weighted by molar-refractivity contribution is -0.0925. The molecular formula is C15H12F3N3. The number of allylic oxidation sites excluding steroid dienone is 2. The number of nitrogens with two attached hydrogens (primary N) is 1. The molecule has 0 saturated heterocycles. The van der Waals surface area contributed by atoms with Crippen LogP contribution in [0.15, 0.2) is 60.4 Å². The molecule has 1 aromatic heterocycles. The van der Waals surface area contributed by atoms with Crippen molar-refractivity contribution in [2.75, 3.05) is 0 Å². The van der Waals surface area contributed by atoms with E-state index in [1.807, 2.05) is 30.3 Å². The second kappa shape index (κ2) is 5.78. The molecule has 0 unspecified atom stereocenters. The zero-order valence-electron chi connectivity index (χ0n) is 10.9. The van der Waals surface area contributed by atoms with Crippen LogP contribution in [0.4, 0.5) is 13.2 Å². The standard InChI is InChI=1S/C15H12F3N3/c16-15(17,18)14(20)9-12(19)13-8-11(6-7-21-13)10-4-2-1-3-5-10/h1-9,19H,20H2. The third-order valence-electron chi connectivity index (χ3n) is 2.77. The SMILES string of the molecule is N=C(C=C(N)C(F)(F)F)c1cc(-c2ccccc2)ccn1. The molecule has 6 heteroatoms. The van der Waals surface area contributed by atoms with Gasteiger partial charge >= 0.3 is 6.18 Å². The number of hydrogen-bond donors (Lipinski definition) is 2. The quantitative estimate of drug-likeness (QED) is 0.850. The van der Waals surface area contributed by atoms with E-state index in [-0.39, 0.29) is 11.4 Å². The van der Waals surface area contributed by atoms with Crippen molar-refractivity contribution in [2.45, 2.75) is 6.18 Å². The van der Waals surface area contributed by atoms with Crippen LogP contribution in [-0.2, 0) is 0 Å². The van der Waals surface area contributed by atoms with Crippen LogP contribution >= 0.6 is 0 Å². The molecule has 0 aliphatic rings. The van der Waals surface area contributed by atoms with E-state index in [2.05, 4.69) is 4.98 Å². The highest BCUT2D eigenvalue weighted by molar-refractivity contribution is 6.06. The lowest BCUT2D eigenvalue weighted by atomic mass is 10.0. The molecule has 3 N–H and O–H groups in total. The van der Waals surface area contributed by atoms with Crippen molar-refractivity contribution in [3.05, 3.63) is 66.1 Å². The first kappa shape index (κ1) is 14.8. The number of halogens is 3. The summed E-state index contributed by atoms with van der Waals surface area (Å²) in [5.41, 5.74) is 4.99. The lowest BCUT2D eigenvalue weighted by Crippen LogP contribution is -2.20. The molecule has 0 bridgehead atoms. The first-order chi connectivity index (χ1) is 9.88. The van der Waals surface area contributed by atoms with Gasteiger partial charge in [0.1, 0.15) is 5.70 Å². The molecule has 0 aliphatic heterocycles. The van der Waals surface area contributed by atoms with Gasteiger partial charge < -0.3 is 5.73 Å². The molecule has 21 heavy (non-hydrogen) atoms. The summed E-state index contributed by atoms with van der Waals surface area (Å²) in [5.74, 6) is 0. The fourth-order valence-corrected chi connectivity index (χ4v) is 1.70. The minimum Gasteiger partial charge on any atom is -0.395 e. The maximum Gasteiger partial charge on any atom is 0.430 e. The molecule has 0 atom stereocenters. The van der Waals surface area contributed by atoms with E-state index in [0.717, 1.165) is 11.1 Å². The maximum absolute atomic E-state index is 12.4. The van der Waals surface area contributed by atoms with Gasteiger partial charge in [0.2, 0.25) is 0 Å². The van der Waals surface area contributed by atoms with Crippen LogP contribution in [0.3, 0.4) is 0 Å². The van der Waals surface area contributed by atoms with Crippen LogP contribution in [-0.4, -0.2) is 16.9 Å². The smallest absolute Gasteiger partial charge is 0.395 e. The maximum atomic E-state index is 12.4. The Labute approximate surface area is 119 Å². The van der Waals surface area contributed by atoms with Crippen LogP contribution in [0.1, 0.15) is 5.69 Å². The van der Waals surface area contributed by atoms with Crippen molar-refractivity contribution >= 4 is 5.71 Å². The van der Waals surface area contributed by atoms with Crippen LogP contribution in [0, 0.1) is 5.41 Å². The number of alkyl halides is 3. The van der Waals surface area contributed by atoms with Crippen LogP contribution in [0.5, 0.6) is 0 Å². The van der Waals surface area contributed by atoms with Gasteiger partial charge in [0.25, 0.3) is 0 Å². The summed E-state index contributed by atoms with van der Waals surface area (Å²) >= 11 is 0. The molecule has 1 heterocycles. The topological polar surface area (TPSA) is 62.8 Å². The molecule has 0 amide bonds. The van der Waals surface area contributed by atoms with E-state index in [0.29, 0.717) is 6.08 Å². The zero-order chi connectivity index (χ0) is 15.5. The number of pyridine rings is 1. The fraction of sp³-hybridized carbons (Fsp3) is 0.0667. The normalized spacial score (nSPS) is 12.2. The predicted molar refractivity (Wildman–Crippen MR) is 74.8 cm³/mol. The third-order valence-corrected chi connectivity index (χ3v) is 2.77. The van der Waals surface area contributed by atoms with Crippen LogP contribution < -0.4 is 5.73 Å². The van der Waals surface area contributed by atoms with Gasteiger partial charge in [-0.1, -0.05) is 30.3 Å². The summed E-state index contributed by atoms with van der Waals surface area (Å²) in [7, 11) is 0. The van der Waals surface area contributed by atoms with Gasteiger partial charge in [0.05, 0.1) is 11.4 Å². The average molecular weight is 291 g/mol. The Hall–Kier alpha value is -2.63. The number of hydrogen-bond acceptors (Lipinski definition) is 3. The van der Waals surface area contributed by atoms with Crippen molar-refractivity contribution in [1.29, 1.82) is 5.41 Å². The summed E-state index contributed by atoms with van der Waals surface area (Å²) in [5, 5.41) is 7.68. The van der Waals surface area contributed by atoms with Gasteiger partial charge in [0.15, 0.2) is 0 Å². The summed E-state index contributed by atoms with van der Waals surface area (Å²) < 4.78 is 37.1. The Morgan fingerprint density at radius 1 is 1.10 bits per heavy atom. The Morgan fingerprint density at radius 3 is 2.38 bits per heavy atom. The molecule has 2 rings (SSSR count).